The molecule has 4 nitrogen and oxygen atoms in total. The lowest BCUT2D eigenvalue weighted by molar-refractivity contribution is 0.0697. The van der Waals surface area contributed by atoms with E-state index in [9.17, 15) is 4.79 Å². The van der Waals surface area contributed by atoms with Crippen LogP contribution in [0.1, 0.15) is 61.2 Å². The summed E-state index contributed by atoms with van der Waals surface area (Å²) < 4.78 is 5.85. The van der Waals surface area contributed by atoms with E-state index in [-0.39, 0.29) is 17.1 Å². The molecule has 2 aromatic carbocycles. The average Bonchev–Trinajstić information content (AvgIpc) is 2.58. The smallest absolute Gasteiger partial charge is 0.335 e. The third-order valence-electron chi connectivity index (χ3n) is 4.42. The summed E-state index contributed by atoms with van der Waals surface area (Å²) in [6, 6.07) is 12.6. The predicted octanol–water partition coefficient (Wildman–Crippen LogP) is 4.92. The van der Waals surface area contributed by atoms with Crippen molar-refractivity contribution in [2.45, 2.75) is 45.6 Å². The molecule has 1 N–H and O–H groups in total. The number of nitrogens with zero attached hydrogens (tertiary/aromatic N) is 1. The highest BCUT2D eigenvalue weighted by Gasteiger charge is 2.31. The van der Waals surface area contributed by atoms with Gasteiger partial charge in [-0.1, -0.05) is 31.8 Å². The first-order valence-corrected chi connectivity index (χ1v) is 8.99. The molecule has 27 heavy (non-hydrogen) atoms. The first-order chi connectivity index (χ1) is 12.7. The Kier molecular flexibility index (Phi) is 5.05. The van der Waals surface area contributed by atoms with Gasteiger partial charge >= 0.3 is 5.97 Å². The fraction of sp³-hybridized carbons (Fsp3) is 0.304. The van der Waals surface area contributed by atoms with Crippen LogP contribution in [0, 0.1) is 11.8 Å². The third kappa shape index (κ3) is 4.38. The molecule has 0 aliphatic carbocycles. The number of carboxylic acids is 1. The molecule has 0 fully saturated rings. The molecule has 0 saturated carbocycles. The second-order valence-corrected chi connectivity index (χ2v) is 7.60. The Hall–Kier alpha value is -3.06. The fourth-order valence-electron chi connectivity index (χ4n) is 3.10. The van der Waals surface area contributed by atoms with Crippen LogP contribution in [0.2, 0.25) is 0 Å². The van der Waals surface area contributed by atoms with Gasteiger partial charge in [0.05, 0.1) is 17.4 Å². The lowest BCUT2D eigenvalue weighted by Crippen LogP contribution is -2.28. The first-order valence-electron chi connectivity index (χ1n) is 8.99. The predicted molar refractivity (Wildman–Crippen MR) is 107 cm³/mol. The van der Waals surface area contributed by atoms with Gasteiger partial charge in [-0.3, -0.25) is 0 Å². The molecule has 0 radical (unpaired) electrons. The number of carboxylic acid groups (broad SMARTS) is 1. The van der Waals surface area contributed by atoms with E-state index in [1.165, 1.54) is 5.56 Å². The summed E-state index contributed by atoms with van der Waals surface area (Å²) in [7, 11) is 0. The van der Waals surface area contributed by atoms with Gasteiger partial charge in [0.25, 0.3) is 0 Å². The molecule has 138 valence electrons. The van der Waals surface area contributed by atoms with E-state index in [0.717, 1.165) is 29.1 Å². The average molecular weight is 361 g/mol. The van der Waals surface area contributed by atoms with Gasteiger partial charge in [0, 0.05) is 23.0 Å². The van der Waals surface area contributed by atoms with Crippen LogP contribution in [0.25, 0.3) is 0 Å². The first kappa shape index (κ1) is 18.7. The number of ether oxygens (including phenoxy) is 1. The lowest BCUT2D eigenvalue weighted by atomic mass is 9.78. The topological polar surface area (TPSA) is 58.9 Å². The molecule has 3 rings (SSSR count). The Morgan fingerprint density at radius 1 is 1.11 bits per heavy atom. The van der Waals surface area contributed by atoms with Crippen molar-refractivity contribution in [1.82, 2.24) is 0 Å². The number of benzene rings is 2. The van der Waals surface area contributed by atoms with Crippen LogP contribution in [0.3, 0.4) is 0 Å². The zero-order valence-electron chi connectivity index (χ0n) is 16.0. The molecule has 0 saturated heterocycles. The van der Waals surface area contributed by atoms with Crippen molar-refractivity contribution >= 4 is 17.6 Å². The van der Waals surface area contributed by atoms with Gasteiger partial charge in [0.2, 0.25) is 0 Å². The van der Waals surface area contributed by atoms with Crippen molar-refractivity contribution in [3.8, 4) is 11.8 Å². The molecular formula is C23H23NO3. The minimum absolute atomic E-state index is 0.0417. The summed E-state index contributed by atoms with van der Waals surface area (Å²) >= 11 is 0. The number of carbonyl (C=O) groups is 1. The number of rotatable bonds is 2. The summed E-state index contributed by atoms with van der Waals surface area (Å²) in [6.45, 7) is 8.39. The van der Waals surface area contributed by atoms with Crippen molar-refractivity contribution in [2.75, 3.05) is 0 Å². The Balaban J connectivity index is 1.90. The second-order valence-electron chi connectivity index (χ2n) is 7.60. The van der Waals surface area contributed by atoms with Crippen LogP contribution in [-0.2, 0) is 10.2 Å². The zero-order chi connectivity index (χ0) is 19.6. The number of fused-ring (bicyclic) bond motifs is 1. The summed E-state index contributed by atoms with van der Waals surface area (Å²) in [5.41, 5.74) is 3.93. The van der Waals surface area contributed by atoms with Crippen molar-refractivity contribution in [3.63, 3.8) is 0 Å². The van der Waals surface area contributed by atoms with Crippen molar-refractivity contribution in [1.29, 1.82) is 0 Å². The Morgan fingerprint density at radius 2 is 1.74 bits per heavy atom. The summed E-state index contributed by atoms with van der Waals surface area (Å²) in [5, 5.41) is 8.96. The number of aliphatic imine (C=N–C) groups is 1. The molecule has 1 aliphatic rings. The van der Waals surface area contributed by atoms with Crippen molar-refractivity contribution in [2.24, 2.45) is 4.99 Å². The van der Waals surface area contributed by atoms with Gasteiger partial charge < -0.3 is 9.84 Å². The standard InChI is InChI=1S/C23H23NO3/c1-15(2)27-21-14-23(3,4)19-12-9-17(13-20(19)24-21)6-5-16-7-10-18(11-8-16)22(25)26/h7-13,15H,14H2,1-4H3,(H,25,26). The van der Waals surface area contributed by atoms with Crippen LogP contribution in [0.5, 0.6) is 0 Å². The molecule has 2 aromatic rings. The monoisotopic (exact) mass is 361 g/mol. The maximum absolute atomic E-state index is 10.9. The van der Waals surface area contributed by atoms with Crippen molar-refractivity contribution in [3.05, 3.63) is 64.7 Å². The summed E-state index contributed by atoms with van der Waals surface area (Å²) in [4.78, 5) is 15.6. The van der Waals surface area contributed by atoms with E-state index < -0.39 is 5.97 Å². The van der Waals surface area contributed by atoms with E-state index in [1.54, 1.807) is 24.3 Å². The van der Waals surface area contributed by atoms with E-state index >= 15 is 0 Å². The Bertz CT molecular complexity index is 957. The SMILES string of the molecule is CC(C)OC1=Nc2cc(C#Cc3ccc(C(=O)O)cc3)ccc2C(C)(C)C1. The highest BCUT2D eigenvalue weighted by molar-refractivity contribution is 5.87. The largest absolute Gasteiger partial charge is 0.478 e. The van der Waals surface area contributed by atoms with Crippen molar-refractivity contribution < 1.29 is 14.6 Å². The van der Waals surface area contributed by atoms with E-state index in [1.807, 2.05) is 26.0 Å². The van der Waals surface area contributed by atoms with Crippen LogP contribution >= 0.6 is 0 Å². The molecule has 1 heterocycles. The molecule has 1 aliphatic heterocycles. The lowest BCUT2D eigenvalue weighted by Gasteiger charge is -2.31. The van der Waals surface area contributed by atoms with Crippen LogP contribution in [0.15, 0.2) is 47.5 Å². The highest BCUT2D eigenvalue weighted by Crippen LogP contribution is 2.39. The zero-order valence-corrected chi connectivity index (χ0v) is 16.0. The molecule has 0 aromatic heterocycles. The normalized spacial score (nSPS) is 14.6. The molecule has 0 bridgehead atoms. The van der Waals surface area contributed by atoms with Crippen LogP contribution in [0.4, 0.5) is 5.69 Å². The molecule has 0 spiro atoms. The van der Waals surface area contributed by atoms with Crippen LogP contribution < -0.4 is 0 Å². The van der Waals surface area contributed by atoms with Gasteiger partial charge in [0.1, 0.15) is 0 Å². The second kappa shape index (κ2) is 7.28. The maximum atomic E-state index is 10.9. The molecule has 0 unspecified atom stereocenters. The van der Waals surface area contributed by atoms with E-state index in [0.29, 0.717) is 0 Å². The number of aromatic carboxylic acids is 1. The maximum Gasteiger partial charge on any atom is 0.335 e. The highest BCUT2D eigenvalue weighted by atomic mass is 16.5. The fourth-order valence-corrected chi connectivity index (χ4v) is 3.10. The third-order valence-corrected chi connectivity index (χ3v) is 4.42. The number of hydrogen-bond acceptors (Lipinski definition) is 3. The van der Waals surface area contributed by atoms with Gasteiger partial charge in [-0.05, 0) is 55.8 Å². The number of hydrogen-bond donors (Lipinski definition) is 1. The van der Waals surface area contributed by atoms with Gasteiger partial charge in [-0.15, -0.1) is 0 Å². The minimum atomic E-state index is -0.941. The van der Waals surface area contributed by atoms with Crippen LogP contribution in [-0.4, -0.2) is 23.1 Å². The van der Waals surface area contributed by atoms with E-state index in [4.69, 9.17) is 9.84 Å². The van der Waals surface area contributed by atoms with E-state index in [2.05, 4.69) is 36.7 Å². The van der Waals surface area contributed by atoms with Gasteiger partial charge in [-0.25, -0.2) is 9.79 Å². The Labute approximate surface area is 159 Å². The summed E-state index contributed by atoms with van der Waals surface area (Å²) in [5.74, 6) is 6.03. The summed E-state index contributed by atoms with van der Waals surface area (Å²) in [6.07, 6.45) is 0.872. The molecular weight excluding hydrogens is 338 g/mol. The molecule has 0 atom stereocenters. The molecule has 0 amide bonds. The Morgan fingerprint density at radius 3 is 2.37 bits per heavy atom. The quantitative estimate of drug-likeness (QED) is 0.772. The van der Waals surface area contributed by atoms with Gasteiger partial charge in [0.15, 0.2) is 5.90 Å². The minimum Gasteiger partial charge on any atom is -0.478 e. The molecule has 4 heteroatoms. The van der Waals surface area contributed by atoms with Gasteiger partial charge in [-0.2, -0.15) is 0 Å².